The van der Waals surface area contributed by atoms with Gasteiger partial charge in [-0.15, -0.1) is 0 Å². The molecule has 24 heavy (non-hydrogen) atoms. The summed E-state index contributed by atoms with van der Waals surface area (Å²) in [5.41, 5.74) is 1.49. The van der Waals surface area contributed by atoms with Gasteiger partial charge in [0.25, 0.3) is 9.05 Å². The van der Waals surface area contributed by atoms with Crippen molar-refractivity contribution in [2.75, 3.05) is 24.5 Å². The third-order valence-corrected chi connectivity index (χ3v) is 5.89. The molecule has 130 valence electrons. The quantitative estimate of drug-likeness (QED) is 0.759. The number of hydrogen-bond acceptors (Lipinski definition) is 4. The van der Waals surface area contributed by atoms with Gasteiger partial charge in [-0.25, -0.2) is 8.42 Å². The molecule has 8 heteroatoms. The predicted molar refractivity (Wildman–Crippen MR) is 90.6 cm³/mol. The third-order valence-electron chi connectivity index (χ3n) is 4.54. The minimum absolute atomic E-state index is 0.0313. The van der Waals surface area contributed by atoms with Crippen LogP contribution in [0.15, 0.2) is 23.1 Å². The van der Waals surface area contributed by atoms with Gasteiger partial charge in [0.05, 0.1) is 4.90 Å². The van der Waals surface area contributed by atoms with Gasteiger partial charge in [0.15, 0.2) is 0 Å². The third kappa shape index (κ3) is 3.57. The molecule has 1 aromatic rings. The summed E-state index contributed by atoms with van der Waals surface area (Å²) in [6.45, 7) is 2.07. The molecule has 0 spiro atoms. The molecule has 2 aliphatic heterocycles. The summed E-state index contributed by atoms with van der Waals surface area (Å²) in [5.74, 6) is -0.0772. The van der Waals surface area contributed by atoms with E-state index >= 15 is 0 Å². The number of benzene rings is 1. The van der Waals surface area contributed by atoms with Gasteiger partial charge >= 0.3 is 0 Å². The number of anilines is 1. The lowest BCUT2D eigenvalue weighted by Crippen LogP contribution is -2.32. The van der Waals surface area contributed by atoms with Gasteiger partial charge in [0, 0.05) is 48.8 Å². The molecule has 0 aliphatic carbocycles. The van der Waals surface area contributed by atoms with Crippen molar-refractivity contribution >= 4 is 37.2 Å². The van der Waals surface area contributed by atoms with Crippen molar-refractivity contribution in [2.45, 2.75) is 37.0 Å². The smallest absolute Gasteiger partial charge is 0.261 e. The van der Waals surface area contributed by atoms with Crippen LogP contribution in [0.5, 0.6) is 0 Å². The van der Waals surface area contributed by atoms with E-state index in [1.807, 2.05) is 4.90 Å². The fourth-order valence-electron chi connectivity index (χ4n) is 3.26. The van der Waals surface area contributed by atoms with Crippen LogP contribution < -0.4 is 4.90 Å². The molecule has 0 atom stereocenters. The second-order valence-corrected chi connectivity index (χ2v) is 8.68. The standard InChI is InChI=1S/C16H19ClN2O4S/c17-24(22,23)13-3-4-14-12(11-13)7-10-19(14)16(21)6-5-15(20)18-8-1-2-9-18/h3-4,11H,1-2,5-10H2. The summed E-state index contributed by atoms with van der Waals surface area (Å²) in [6, 6.07) is 4.53. The van der Waals surface area contributed by atoms with Gasteiger partial charge in [-0.2, -0.15) is 0 Å². The Bertz CT molecular complexity index is 772. The van der Waals surface area contributed by atoms with Crippen molar-refractivity contribution in [2.24, 2.45) is 0 Å². The van der Waals surface area contributed by atoms with Gasteiger partial charge in [-0.1, -0.05) is 0 Å². The molecule has 2 amide bonds. The van der Waals surface area contributed by atoms with E-state index < -0.39 is 9.05 Å². The first-order valence-corrected chi connectivity index (χ1v) is 10.3. The molecular formula is C16H19ClN2O4S. The zero-order valence-corrected chi connectivity index (χ0v) is 14.8. The number of fused-ring (bicyclic) bond motifs is 1. The van der Waals surface area contributed by atoms with Crippen LogP contribution in [0.3, 0.4) is 0 Å². The maximum Gasteiger partial charge on any atom is 0.261 e. The number of nitrogens with zero attached hydrogens (tertiary/aromatic N) is 2. The Morgan fingerprint density at radius 1 is 1.04 bits per heavy atom. The van der Waals surface area contributed by atoms with Crippen LogP contribution in [0, 0.1) is 0 Å². The van der Waals surface area contributed by atoms with Crippen LogP contribution >= 0.6 is 10.7 Å². The van der Waals surface area contributed by atoms with Gasteiger partial charge in [-0.05, 0) is 43.0 Å². The second-order valence-electron chi connectivity index (χ2n) is 6.11. The minimum atomic E-state index is -3.77. The Hall–Kier alpha value is -1.60. The number of amides is 2. The molecule has 0 aromatic heterocycles. The Labute approximate surface area is 145 Å². The van der Waals surface area contributed by atoms with Crippen LogP contribution in [0.4, 0.5) is 5.69 Å². The molecule has 0 N–H and O–H groups in total. The van der Waals surface area contributed by atoms with Crippen molar-refractivity contribution < 1.29 is 18.0 Å². The maximum atomic E-state index is 12.4. The van der Waals surface area contributed by atoms with Crippen molar-refractivity contribution in [3.8, 4) is 0 Å². The monoisotopic (exact) mass is 370 g/mol. The SMILES string of the molecule is O=C(CCC(=O)N1CCc2cc(S(=O)(=O)Cl)ccc21)N1CCCC1. The second kappa shape index (κ2) is 6.72. The van der Waals surface area contributed by atoms with E-state index in [0.29, 0.717) is 18.7 Å². The number of carbonyl (C=O) groups is 2. The zero-order chi connectivity index (χ0) is 17.3. The van der Waals surface area contributed by atoms with E-state index in [2.05, 4.69) is 0 Å². The maximum absolute atomic E-state index is 12.4. The highest BCUT2D eigenvalue weighted by molar-refractivity contribution is 8.13. The molecule has 1 fully saturated rings. The Balaban J connectivity index is 1.65. The summed E-state index contributed by atoms with van der Waals surface area (Å²) < 4.78 is 22.8. The van der Waals surface area contributed by atoms with E-state index in [0.717, 1.165) is 31.5 Å². The number of hydrogen-bond donors (Lipinski definition) is 0. The lowest BCUT2D eigenvalue weighted by Gasteiger charge is -2.19. The highest BCUT2D eigenvalue weighted by Crippen LogP contribution is 2.31. The normalized spacial score (nSPS) is 17.2. The molecule has 3 rings (SSSR count). The Morgan fingerprint density at radius 2 is 1.71 bits per heavy atom. The van der Waals surface area contributed by atoms with E-state index in [1.54, 1.807) is 11.0 Å². The van der Waals surface area contributed by atoms with Crippen LogP contribution in [-0.4, -0.2) is 44.8 Å². The van der Waals surface area contributed by atoms with Gasteiger partial charge in [0.2, 0.25) is 11.8 Å². The lowest BCUT2D eigenvalue weighted by atomic mass is 10.2. The molecule has 6 nitrogen and oxygen atoms in total. The Kier molecular flexibility index (Phi) is 4.83. The summed E-state index contributed by atoms with van der Waals surface area (Å²) in [5, 5.41) is 0. The van der Waals surface area contributed by atoms with Gasteiger partial charge in [-0.3, -0.25) is 9.59 Å². The number of carbonyl (C=O) groups excluding carboxylic acids is 2. The fourth-order valence-corrected chi connectivity index (χ4v) is 4.06. The van der Waals surface area contributed by atoms with E-state index in [1.165, 1.54) is 12.1 Å². The minimum Gasteiger partial charge on any atom is -0.343 e. The van der Waals surface area contributed by atoms with Crippen molar-refractivity contribution in [1.82, 2.24) is 4.90 Å². The topological polar surface area (TPSA) is 74.8 Å². The number of likely N-dealkylation sites (tertiary alicyclic amines) is 1. The molecule has 0 unspecified atom stereocenters. The van der Waals surface area contributed by atoms with Gasteiger partial charge in [0.1, 0.15) is 0 Å². The van der Waals surface area contributed by atoms with Crippen LogP contribution in [0.2, 0.25) is 0 Å². The average Bonchev–Trinajstić information content (AvgIpc) is 3.20. The van der Waals surface area contributed by atoms with Crippen molar-refractivity contribution in [3.05, 3.63) is 23.8 Å². The zero-order valence-electron chi connectivity index (χ0n) is 13.2. The lowest BCUT2D eigenvalue weighted by molar-refractivity contribution is -0.132. The van der Waals surface area contributed by atoms with E-state index in [4.69, 9.17) is 10.7 Å². The fraction of sp³-hybridized carbons (Fsp3) is 0.500. The van der Waals surface area contributed by atoms with E-state index in [9.17, 15) is 18.0 Å². The molecule has 2 heterocycles. The van der Waals surface area contributed by atoms with Crippen LogP contribution in [0.1, 0.15) is 31.2 Å². The summed E-state index contributed by atoms with van der Waals surface area (Å²) in [4.78, 5) is 27.9. The summed E-state index contributed by atoms with van der Waals surface area (Å²) in [6.07, 6.45) is 3.04. The number of halogens is 1. The number of rotatable bonds is 4. The predicted octanol–water partition coefficient (Wildman–Crippen LogP) is 1.91. The largest absolute Gasteiger partial charge is 0.343 e. The van der Waals surface area contributed by atoms with Crippen molar-refractivity contribution in [3.63, 3.8) is 0 Å². The molecule has 0 bridgehead atoms. The summed E-state index contributed by atoms with van der Waals surface area (Å²) >= 11 is 0. The molecule has 1 aromatic carbocycles. The molecular weight excluding hydrogens is 352 g/mol. The molecule has 0 radical (unpaired) electrons. The molecule has 0 saturated carbocycles. The highest BCUT2D eigenvalue weighted by atomic mass is 35.7. The molecule has 1 saturated heterocycles. The first-order valence-electron chi connectivity index (χ1n) is 8.02. The summed E-state index contributed by atoms with van der Waals surface area (Å²) in [7, 11) is 1.58. The average molecular weight is 371 g/mol. The first-order chi connectivity index (χ1) is 11.4. The van der Waals surface area contributed by atoms with Gasteiger partial charge < -0.3 is 9.80 Å². The highest BCUT2D eigenvalue weighted by Gasteiger charge is 2.27. The van der Waals surface area contributed by atoms with E-state index in [-0.39, 0.29) is 29.6 Å². The van der Waals surface area contributed by atoms with Crippen LogP contribution in [0.25, 0.3) is 0 Å². The van der Waals surface area contributed by atoms with Crippen molar-refractivity contribution in [1.29, 1.82) is 0 Å². The first kappa shape index (κ1) is 17.2. The van der Waals surface area contributed by atoms with Crippen LogP contribution in [-0.2, 0) is 25.1 Å². The molecule has 2 aliphatic rings. The Morgan fingerprint density at radius 3 is 2.38 bits per heavy atom.